The number of hydrogen-bond acceptors (Lipinski definition) is 6. The van der Waals surface area contributed by atoms with Crippen molar-refractivity contribution in [3.05, 3.63) is 96.3 Å². The van der Waals surface area contributed by atoms with E-state index in [2.05, 4.69) is 15.3 Å². The molecule has 5 rings (SSSR count). The number of carbonyl (C=O) groups excluding carboxylic acids is 1. The van der Waals surface area contributed by atoms with Crippen molar-refractivity contribution in [1.29, 1.82) is 0 Å². The molecular formula is C26H22N6O2. The molecule has 0 aliphatic heterocycles. The van der Waals surface area contributed by atoms with Crippen molar-refractivity contribution in [3.8, 4) is 22.8 Å². The predicted octanol–water partition coefficient (Wildman–Crippen LogP) is 4.00. The lowest BCUT2D eigenvalue weighted by atomic mass is 10.1. The highest BCUT2D eigenvalue weighted by Crippen LogP contribution is 2.30. The van der Waals surface area contributed by atoms with Gasteiger partial charge in [0, 0.05) is 24.6 Å². The van der Waals surface area contributed by atoms with E-state index in [1.54, 1.807) is 31.6 Å². The minimum absolute atomic E-state index is 0.194. The zero-order valence-electron chi connectivity index (χ0n) is 18.5. The molecule has 168 valence electrons. The Hall–Kier alpha value is -4.72. The summed E-state index contributed by atoms with van der Waals surface area (Å²) in [6.07, 6.45) is 3.39. The van der Waals surface area contributed by atoms with Gasteiger partial charge in [-0.1, -0.05) is 24.3 Å². The largest absolute Gasteiger partial charge is 0.496 e. The first kappa shape index (κ1) is 21.1. The number of ether oxygens (including phenoxy) is 1. The van der Waals surface area contributed by atoms with Gasteiger partial charge >= 0.3 is 0 Å². The van der Waals surface area contributed by atoms with Gasteiger partial charge in [0.05, 0.1) is 18.2 Å². The lowest BCUT2D eigenvalue weighted by Crippen LogP contribution is -2.23. The number of nitrogens with one attached hydrogen (secondary N) is 1. The Balaban J connectivity index is 1.44. The number of imidazole rings is 1. The van der Waals surface area contributed by atoms with Crippen LogP contribution in [0.25, 0.3) is 28.2 Å². The highest BCUT2D eigenvalue weighted by atomic mass is 16.5. The SMILES string of the molecule is COc1ccccc1C(=O)NCc1ccc(-n2c(-c3cccnc3N)nc3cccnc32)cc1. The highest BCUT2D eigenvalue weighted by Gasteiger charge is 2.17. The number of carbonyl (C=O) groups is 1. The molecular weight excluding hydrogens is 428 g/mol. The maximum absolute atomic E-state index is 12.6. The number of anilines is 1. The van der Waals surface area contributed by atoms with Crippen LogP contribution in [0.4, 0.5) is 5.82 Å². The fraction of sp³-hybridized carbons (Fsp3) is 0.0769. The predicted molar refractivity (Wildman–Crippen MR) is 131 cm³/mol. The zero-order valence-corrected chi connectivity index (χ0v) is 18.5. The van der Waals surface area contributed by atoms with Crippen LogP contribution in [0.3, 0.4) is 0 Å². The summed E-state index contributed by atoms with van der Waals surface area (Å²) in [6.45, 7) is 0.377. The van der Waals surface area contributed by atoms with Gasteiger partial charge in [-0.25, -0.2) is 15.0 Å². The van der Waals surface area contributed by atoms with Gasteiger partial charge in [-0.05, 0) is 54.1 Å². The van der Waals surface area contributed by atoms with E-state index in [9.17, 15) is 4.79 Å². The van der Waals surface area contributed by atoms with E-state index in [1.165, 1.54) is 0 Å². The van der Waals surface area contributed by atoms with Gasteiger partial charge in [-0.3, -0.25) is 9.36 Å². The summed E-state index contributed by atoms with van der Waals surface area (Å²) in [5.41, 5.74) is 10.7. The molecule has 0 saturated heterocycles. The molecule has 0 bridgehead atoms. The first-order chi connectivity index (χ1) is 16.7. The summed E-state index contributed by atoms with van der Waals surface area (Å²) < 4.78 is 7.24. The maximum Gasteiger partial charge on any atom is 0.255 e. The molecule has 0 spiro atoms. The molecule has 2 aromatic carbocycles. The van der Waals surface area contributed by atoms with Gasteiger partial charge in [-0.15, -0.1) is 0 Å². The topological polar surface area (TPSA) is 108 Å². The molecule has 0 atom stereocenters. The molecule has 34 heavy (non-hydrogen) atoms. The van der Waals surface area contributed by atoms with Crippen LogP contribution in [0.15, 0.2) is 85.2 Å². The molecule has 1 amide bonds. The number of amides is 1. The number of para-hydroxylation sites is 1. The van der Waals surface area contributed by atoms with Crippen molar-refractivity contribution >= 4 is 22.9 Å². The van der Waals surface area contributed by atoms with E-state index in [0.717, 1.165) is 28.0 Å². The van der Waals surface area contributed by atoms with Gasteiger partial charge in [0.25, 0.3) is 5.91 Å². The maximum atomic E-state index is 12.6. The summed E-state index contributed by atoms with van der Waals surface area (Å²) in [5, 5.41) is 2.94. The van der Waals surface area contributed by atoms with Crippen LogP contribution in [-0.4, -0.2) is 32.5 Å². The molecule has 8 heteroatoms. The van der Waals surface area contributed by atoms with Crippen LogP contribution < -0.4 is 15.8 Å². The van der Waals surface area contributed by atoms with E-state index >= 15 is 0 Å². The molecule has 0 aliphatic rings. The minimum atomic E-state index is -0.194. The smallest absolute Gasteiger partial charge is 0.255 e. The first-order valence-corrected chi connectivity index (χ1v) is 10.7. The molecule has 0 fully saturated rings. The summed E-state index contributed by atoms with van der Waals surface area (Å²) in [4.78, 5) is 26.1. The van der Waals surface area contributed by atoms with Crippen molar-refractivity contribution in [2.45, 2.75) is 6.54 Å². The Labute approximate surface area is 196 Å². The number of fused-ring (bicyclic) bond motifs is 1. The third kappa shape index (κ3) is 3.93. The average molecular weight is 451 g/mol. The first-order valence-electron chi connectivity index (χ1n) is 10.7. The number of nitrogen functional groups attached to an aromatic ring is 1. The monoisotopic (exact) mass is 450 g/mol. The van der Waals surface area contributed by atoms with Crippen LogP contribution in [0.5, 0.6) is 5.75 Å². The second-order valence-electron chi connectivity index (χ2n) is 7.60. The molecule has 3 N–H and O–H groups in total. The Morgan fingerprint density at radius 2 is 1.74 bits per heavy atom. The normalized spacial score (nSPS) is 10.9. The number of methoxy groups -OCH3 is 1. The van der Waals surface area contributed by atoms with E-state index in [-0.39, 0.29) is 5.91 Å². The van der Waals surface area contributed by atoms with Crippen LogP contribution in [-0.2, 0) is 6.54 Å². The van der Waals surface area contributed by atoms with Crippen LogP contribution >= 0.6 is 0 Å². The number of nitrogens with zero attached hydrogens (tertiary/aromatic N) is 4. The van der Waals surface area contributed by atoms with Crippen molar-refractivity contribution in [2.75, 3.05) is 12.8 Å². The van der Waals surface area contributed by atoms with Gasteiger partial charge in [0.2, 0.25) is 0 Å². The number of hydrogen-bond donors (Lipinski definition) is 2. The standard InChI is InChI=1S/C26H22N6O2/c1-34-22-9-3-2-6-19(22)26(33)30-16-17-10-12-18(13-11-17)32-24(20-7-4-14-28-23(20)27)31-21-8-5-15-29-25(21)32/h2-15H,16H2,1H3,(H2,27,28)(H,30,33). The summed E-state index contributed by atoms with van der Waals surface area (Å²) in [6, 6.07) is 22.5. The van der Waals surface area contributed by atoms with Crippen molar-refractivity contribution < 1.29 is 9.53 Å². The van der Waals surface area contributed by atoms with Gasteiger partial charge in [0.15, 0.2) is 11.5 Å². The Bertz CT molecular complexity index is 1480. The van der Waals surface area contributed by atoms with E-state index in [1.807, 2.05) is 65.2 Å². The number of nitrogens with two attached hydrogens (primary N) is 1. The van der Waals surface area contributed by atoms with Crippen molar-refractivity contribution in [2.24, 2.45) is 0 Å². The number of aromatic nitrogens is 4. The summed E-state index contributed by atoms with van der Waals surface area (Å²) in [5.74, 6) is 1.41. The van der Waals surface area contributed by atoms with Gasteiger partial charge < -0.3 is 15.8 Å². The highest BCUT2D eigenvalue weighted by molar-refractivity contribution is 5.96. The van der Waals surface area contributed by atoms with E-state index in [0.29, 0.717) is 29.5 Å². The Morgan fingerprint density at radius 3 is 2.53 bits per heavy atom. The van der Waals surface area contributed by atoms with E-state index < -0.39 is 0 Å². The second kappa shape index (κ2) is 9.03. The molecule has 0 unspecified atom stereocenters. The molecule has 3 heterocycles. The van der Waals surface area contributed by atoms with E-state index in [4.69, 9.17) is 15.5 Å². The molecule has 5 aromatic rings. The third-order valence-corrected chi connectivity index (χ3v) is 5.49. The van der Waals surface area contributed by atoms with Crippen LogP contribution in [0.1, 0.15) is 15.9 Å². The fourth-order valence-electron chi connectivity index (χ4n) is 3.82. The molecule has 0 radical (unpaired) electrons. The van der Waals surface area contributed by atoms with Crippen LogP contribution in [0, 0.1) is 0 Å². The number of rotatable bonds is 6. The summed E-state index contributed by atoms with van der Waals surface area (Å²) in [7, 11) is 1.55. The molecule has 0 aliphatic carbocycles. The van der Waals surface area contributed by atoms with Gasteiger partial charge in [0.1, 0.15) is 17.1 Å². The Kier molecular flexibility index (Phi) is 5.61. The lowest BCUT2D eigenvalue weighted by Gasteiger charge is -2.12. The zero-order chi connectivity index (χ0) is 23.5. The fourth-order valence-corrected chi connectivity index (χ4v) is 3.82. The number of pyridine rings is 2. The average Bonchev–Trinajstić information content (AvgIpc) is 3.27. The van der Waals surface area contributed by atoms with Crippen LogP contribution in [0.2, 0.25) is 0 Å². The third-order valence-electron chi connectivity index (χ3n) is 5.49. The molecule has 8 nitrogen and oxygen atoms in total. The minimum Gasteiger partial charge on any atom is -0.496 e. The lowest BCUT2D eigenvalue weighted by molar-refractivity contribution is 0.0948. The second-order valence-corrected chi connectivity index (χ2v) is 7.60. The van der Waals surface area contributed by atoms with Gasteiger partial charge in [-0.2, -0.15) is 0 Å². The Morgan fingerprint density at radius 1 is 0.971 bits per heavy atom. The van der Waals surface area contributed by atoms with Crippen molar-refractivity contribution in [1.82, 2.24) is 24.8 Å². The van der Waals surface area contributed by atoms with Crippen molar-refractivity contribution in [3.63, 3.8) is 0 Å². The number of benzene rings is 2. The molecule has 3 aromatic heterocycles. The summed E-state index contributed by atoms with van der Waals surface area (Å²) >= 11 is 0. The molecule has 0 saturated carbocycles. The quantitative estimate of drug-likeness (QED) is 0.405.